The third-order valence-corrected chi connectivity index (χ3v) is 5.06. The van der Waals surface area contributed by atoms with Crippen LogP contribution in [-0.2, 0) is 11.8 Å². The van der Waals surface area contributed by atoms with E-state index in [1.807, 2.05) is 48.9 Å². The van der Waals surface area contributed by atoms with Crippen molar-refractivity contribution >= 4 is 17.7 Å². The number of hydrogen-bond acceptors (Lipinski definition) is 5. The highest BCUT2D eigenvalue weighted by molar-refractivity contribution is 7.99. The van der Waals surface area contributed by atoms with Gasteiger partial charge in [0.25, 0.3) is 0 Å². The number of rotatable bonds is 6. The Morgan fingerprint density at radius 2 is 2.00 bits per heavy atom. The summed E-state index contributed by atoms with van der Waals surface area (Å²) in [6.07, 6.45) is 1.76. The van der Waals surface area contributed by atoms with Gasteiger partial charge in [0, 0.05) is 12.7 Å². The van der Waals surface area contributed by atoms with Crippen LogP contribution < -0.4 is 0 Å². The van der Waals surface area contributed by atoms with Crippen LogP contribution in [0.3, 0.4) is 0 Å². The molecule has 1 aromatic carbocycles. The number of aliphatic carboxylic acids is 1. The Morgan fingerprint density at radius 1 is 1.28 bits per heavy atom. The minimum absolute atomic E-state index is 0.0397. The predicted molar refractivity (Wildman–Crippen MR) is 95.6 cm³/mol. The zero-order valence-corrected chi connectivity index (χ0v) is 15.1. The van der Waals surface area contributed by atoms with Gasteiger partial charge in [-0.15, -0.1) is 10.2 Å². The largest absolute Gasteiger partial charge is 0.481 e. The van der Waals surface area contributed by atoms with E-state index in [2.05, 4.69) is 22.2 Å². The highest BCUT2D eigenvalue weighted by Crippen LogP contribution is 2.32. The topological polar surface area (TPSA) is 85.8 Å². The molecule has 0 amide bonds. The van der Waals surface area contributed by atoms with E-state index < -0.39 is 5.97 Å². The van der Waals surface area contributed by atoms with Crippen molar-refractivity contribution in [2.24, 2.45) is 7.05 Å². The van der Waals surface area contributed by atoms with Crippen LogP contribution in [0.4, 0.5) is 0 Å². The van der Waals surface area contributed by atoms with Gasteiger partial charge in [-0.3, -0.25) is 14.0 Å². The molecule has 130 valence electrons. The summed E-state index contributed by atoms with van der Waals surface area (Å²) in [6, 6.07) is 9.97. The minimum Gasteiger partial charge on any atom is -0.481 e. The van der Waals surface area contributed by atoms with Gasteiger partial charge < -0.3 is 5.11 Å². The average Bonchev–Trinajstić information content (AvgIpc) is 3.17. The van der Waals surface area contributed by atoms with E-state index in [0.29, 0.717) is 11.0 Å². The molecule has 0 saturated carbocycles. The summed E-state index contributed by atoms with van der Waals surface area (Å²) >= 11 is 1.17. The fourth-order valence-corrected chi connectivity index (χ4v) is 3.37. The molecular formula is C17H19N5O2S. The quantitative estimate of drug-likeness (QED) is 0.683. The van der Waals surface area contributed by atoms with Crippen LogP contribution in [0.5, 0.6) is 0 Å². The molecule has 2 aromatic heterocycles. The van der Waals surface area contributed by atoms with Gasteiger partial charge >= 0.3 is 5.97 Å². The highest BCUT2D eigenvalue weighted by Gasteiger charge is 2.23. The van der Waals surface area contributed by atoms with Gasteiger partial charge in [0.2, 0.25) is 0 Å². The fourth-order valence-electron chi connectivity index (χ4n) is 2.63. The molecule has 3 aromatic rings. The summed E-state index contributed by atoms with van der Waals surface area (Å²) in [4.78, 5) is 11.0. The van der Waals surface area contributed by atoms with Gasteiger partial charge in [-0.25, -0.2) is 0 Å². The first-order chi connectivity index (χ1) is 12.0. The number of carboxylic acid groups (broad SMARTS) is 1. The predicted octanol–water partition coefficient (Wildman–Crippen LogP) is 2.77. The molecule has 1 N–H and O–H groups in total. The maximum absolute atomic E-state index is 11.0. The van der Waals surface area contributed by atoms with Crippen LogP contribution in [0, 0.1) is 6.92 Å². The summed E-state index contributed by atoms with van der Waals surface area (Å²) in [5.74, 6) is -0.257. The van der Waals surface area contributed by atoms with Crippen molar-refractivity contribution in [3.05, 3.63) is 47.8 Å². The zero-order valence-electron chi connectivity index (χ0n) is 14.2. The Labute approximate surface area is 149 Å². The SMILES string of the molecule is Cc1c(-c2nnc(SCC(=O)O)n2[C@@H](C)c2ccccc2)cnn1C. The van der Waals surface area contributed by atoms with E-state index in [-0.39, 0.29) is 11.8 Å². The van der Waals surface area contributed by atoms with Crippen LogP contribution in [0.25, 0.3) is 11.4 Å². The van der Waals surface area contributed by atoms with Gasteiger partial charge in [0.1, 0.15) is 0 Å². The minimum atomic E-state index is -0.883. The average molecular weight is 357 g/mol. The zero-order chi connectivity index (χ0) is 18.0. The number of thioether (sulfide) groups is 1. The van der Waals surface area contributed by atoms with E-state index >= 15 is 0 Å². The molecule has 0 aliphatic rings. The molecule has 0 aliphatic heterocycles. The Morgan fingerprint density at radius 3 is 2.60 bits per heavy atom. The van der Waals surface area contributed by atoms with Crippen molar-refractivity contribution in [2.75, 3.05) is 5.75 Å². The molecule has 0 saturated heterocycles. The van der Waals surface area contributed by atoms with Crippen LogP contribution in [-0.4, -0.2) is 41.4 Å². The van der Waals surface area contributed by atoms with Gasteiger partial charge in [-0.05, 0) is 19.4 Å². The molecule has 3 rings (SSSR count). The van der Waals surface area contributed by atoms with Crippen molar-refractivity contribution in [1.82, 2.24) is 24.5 Å². The van der Waals surface area contributed by atoms with E-state index in [4.69, 9.17) is 5.11 Å². The Bertz CT molecular complexity index is 888. The van der Waals surface area contributed by atoms with E-state index in [9.17, 15) is 4.79 Å². The molecule has 0 fully saturated rings. The summed E-state index contributed by atoms with van der Waals surface area (Å²) in [6.45, 7) is 4.03. The third-order valence-electron chi connectivity index (χ3n) is 4.13. The van der Waals surface area contributed by atoms with E-state index in [1.165, 1.54) is 11.8 Å². The van der Waals surface area contributed by atoms with Crippen molar-refractivity contribution in [2.45, 2.75) is 25.0 Å². The normalized spacial score (nSPS) is 12.3. The Kier molecular flexibility index (Phi) is 4.89. The Balaban J connectivity index is 2.09. The van der Waals surface area contributed by atoms with Crippen LogP contribution >= 0.6 is 11.8 Å². The van der Waals surface area contributed by atoms with Crippen molar-refractivity contribution in [3.63, 3.8) is 0 Å². The number of aryl methyl sites for hydroxylation is 1. The summed E-state index contributed by atoms with van der Waals surface area (Å²) in [5.41, 5.74) is 2.96. The summed E-state index contributed by atoms with van der Waals surface area (Å²) in [7, 11) is 1.88. The van der Waals surface area contributed by atoms with Crippen LogP contribution in [0.1, 0.15) is 24.2 Å². The first kappa shape index (κ1) is 17.2. The number of benzene rings is 1. The molecule has 0 spiro atoms. The number of nitrogens with zero attached hydrogens (tertiary/aromatic N) is 5. The molecule has 0 bridgehead atoms. The third kappa shape index (κ3) is 3.43. The second-order valence-electron chi connectivity index (χ2n) is 5.71. The van der Waals surface area contributed by atoms with Crippen LogP contribution in [0.2, 0.25) is 0 Å². The molecular weight excluding hydrogens is 338 g/mol. The Hall–Kier alpha value is -2.61. The number of carbonyl (C=O) groups is 1. The van der Waals surface area contributed by atoms with Gasteiger partial charge in [0.15, 0.2) is 11.0 Å². The second kappa shape index (κ2) is 7.10. The van der Waals surface area contributed by atoms with Gasteiger partial charge in [-0.2, -0.15) is 5.10 Å². The maximum atomic E-state index is 11.0. The lowest BCUT2D eigenvalue weighted by molar-refractivity contribution is -0.133. The molecule has 0 unspecified atom stereocenters. The van der Waals surface area contributed by atoms with Crippen molar-refractivity contribution < 1.29 is 9.90 Å². The lowest BCUT2D eigenvalue weighted by atomic mass is 10.1. The first-order valence-corrected chi connectivity index (χ1v) is 8.81. The van der Waals surface area contributed by atoms with Gasteiger partial charge in [0.05, 0.1) is 23.6 Å². The molecule has 1 atom stereocenters. The fraction of sp³-hybridized carbons (Fsp3) is 0.294. The number of carboxylic acids is 1. The molecule has 8 heteroatoms. The molecule has 2 heterocycles. The standard InChI is InChI=1S/C17H19N5O2S/c1-11(13-7-5-4-6-8-13)22-16(14-9-18-21(3)12(14)2)19-20-17(22)25-10-15(23)24/h4-9,11H,10H2,1-3H3,(H,23,24)/t11-/m0/s1. The molecule has 0 aliphatic carbocycles. The smallest absolute Gasteiger partial charge is 0.313 e. The lowest BCUT2D eigenvalue weighted by Crippen LogP contribution is -2.11. The van der Waals surface area contributed by atoms with E-state index in [1.54, 1.807) is 10.9 Å². The maximum Gasteiger partial charge on any atom is 0.313 e. The van der Waals surface area contributed by atoms with E-state index in [0.717, 1.165) is 16.8 Å². The number of hydrogen-bond donors (Lipinski definition) is 1. The lowest BCUT2D eigenvalue weighted by Gasteiger charge is -2.18. The molecule has 25 heavy (non-hydrogen) atoms. The van der Waals surface area contributed by atoms with Crippen molar-refractivity contribution in [3.8, 4) is 11.4 Å². The van der Waals surface area contributed by atoms with Crippen LogP contribution in [0.15, 0.2) is 41.7 Å². The highest BCUT2D eigenvalue weighted by atomic mass is 32.2. The molecule has 7 nitrogen and oxygen atoms in total. The number of aromatic nitrogens is 5. The first-order valence-electron chi connectivity index (χ1n) is 7.82. The molecule has 0 radical (unpaired) electrons. The second-order valence-corrected chi connectivity index (χ2v) is 6.66. The monoisotopic (exact) mass is 357 g/mol. The summed E-state index contributed by atoms with van der Waals surface area (Å²) < 4.78 is 3.76. The van der Waals surface area contributed by atoms with Crippen molar-refractivity contribution in [1.29, 1.82) is 0 Å². The summed E-state index contributed by atoms with van der Waals surface area (Å²) in [5, 5.41) is 22.4. The van der Waals surface area contributed by atoms with Gasteiger partial charge in [-0.1, -0.05) is 42.1 Å².